The van der Waals surface area contributed by atoms with Gasteiger partial charge in [0.1, 0.15) is 11.6 Å². The first kappa shape index (κ1) is 12.6. The van der Waals surface area contributed by atoms with Crippen LogP contribution in [0.2, 0.25) is 0 Å². The first-order valence-electron chi connectivity index (χ1n) is 5.06. The van der Waals surface area contributed by atoms with E-state index in [2.05, 4.69) is 60.2 Å². The number of nitrogens with zero attached hydrogens (tertiary/aromatic N) is 1. The monoisotopic (exact) mass is 403 g/mol. The highest BCUT2D eigenvalue weighted by Gasteiger charge is 2.02. The molecule has 2 N–H and O–H groups in total. The standard InChI is InChI=1S/C12H11BrIN3/c1-15-11-3-2-4-12(17-11)16-10-7-8(14)5-6-9(10)13/h2-7H,1H3,(H2,15,16,17). The fraction of sp³-hybridized carbons (Fsp3) is 0.0833. The predicted molar refractivity (Wildman–Crippen MR) is 83.9 cm³/mol. The van der Waals surface area contributed by atoms with Crippen molar-refractivity contribution in [2.24, 2.45) is 0 Å². The molecule has 1 aromatic carbocycles. The number of aromatic nitrogens is 1. The molecule has 2 aromatic rings. The molecule has 0 unspecified atom stereocenters. The van der Waals surface area contributed by atoms with Gasteiger partial charge in [0.05, 0.1) is 5.69 Å². The molecule has 0 aliphatic heterocycles. The number of pyridine rings is 1. The fourth-order valence-corrected chi connectivity index (χ4v) is 2.21. The van der Waals surface area contributed by atoms with E-state index in [0.29, 0.717) is 0 Å². The normalized spacial score (nSPS) is 10.1. The van der Waals surface area contributed by atoms with Crippen LogP contribution in [0, 0.1) is 3.57 Å². The van der Waals surface area contributed by atoms with Crippen molar-refractivity contribution in [3.63, 3.8) is 0 Å². The Morgan fingerprint density at radius 3 is 2.71 bits per heavy atom. The summed E-state index contributed by atoms with van der Waals surface area (Å²) in [4.78, 5) is 4.41. The number of halogens is 2. The summed E-state index contributed by atoms with van der Waals surface area (Å²) in [5, 5.41) is 6.30. The SMILES string of the molecule is CNc1cccc(Nc2cc(I)ccc2Br)n1. The van der Waals surface area contributed by atoms with Gasteiger partial charge in [-0.25, -0.2) is 4.98 Å². The number of anilines is 3. The van der Waals surface area contributed by atoms with Gasteiger partial charge in [-0.3, -0.25) is 0 Å². The number of rotatable bonds is 3. The van der Waals surface area contributed by atoms with Crippen LogP contribution in [-0.2, 0) is 0 Å². The topological polar surface area (TPSA) is 37.0 Å². The van der Waals surface area contributed by atoms with Gasteiger partial charge >= 0.3 is 0 Å². The zero-order valence-electron chi connectivity index (χ0n) is 9.17. The average Bonchev–Trinajstić information content (AvgIpc) is 2.34. The lowest BCUT2D eigenvalue weighted by atomic mass is 10.3. The number of benzene rings is 1. The highest BCUT2D eigenvalue weighted by molar-refractivity contribution is 14.1. The Bertz CT molecular complexity index is 531. The third-order valence-electron chi connectivity index (χ3n) is 2.20. The first-order valence-corrected chi connectivity index (χ1v) is 6.93. The Labute approximate surface area is 122 Å². The van der Waals surface area contributed by atoms with Crippen LogP contribution in [-0.4, -0.2) is 12.0 Å². The third kappa shape index (κ3) is 3.32. The molecule has 0 radical (unpaired) electrons. The fourth-order valence-electron chi connectivity index (χ4n) is 1.37. The van der Waals surface area contributed by atoms with Crippen LogP contribution in [0.4, 0.5) is 17.3 Å². The summed E-state index contributed by atoms with van der Waals surface area (Å²) < 4.78 is 2.20. The molecule has 0 spiro atoms. The maximum atomic E-state index is 4.41. The maximum absolute atomic E-state index is 4.41. The van der Waals surface area contributed by atoms with E-state index in [1.807, 2.05) is 37.4 Å². The van der Waals surface area contributed by atoms with Crippen LogP contribution in [0.1, 0.15) is 0 Å². The van der Waals surface area contributed by atoms with Crippen molar-refractivity contribution < 1.29 is 0 Å². The molecule has 0 saturated carbocycles. The van der Waals surface area contributed by atoms with Crippen molar-refractivity contribution in [1.82, 2.24) is 4.98 Å². The summed E-state index contributed by atoms with van der Waals surface area (Å²) in [6, 6.07) is 12.0. The van der Waals surface area contributed by atoms with Crippen LogP contribution in [0.15, 0.2) is 40.9 Å². The van der Waals surface area contributed by atoms with E-state index in [-0.39, 0.29) is 0 Å². The van der Waals surface area contributed by atoms with Crippen molar-refractivity contribution in [2.75, 3.05) is 17.7 Å². The van der Waals surface area contributed by atoms with Gasteiger partial charge in [-0.15, -0.1) is 0 Å². The highest BCUT2D eigenvalue weighted by atomic mass is 127. The summed E-state index contributed by atoms with van der Waals surface area (Å²) >= 11 is 5.80. The predicted octanol–water partition coefficient (Wildman–Crippen LogP) is 4.23. The van der Waals surface area contributed by atoms with Gasteiger partial charge in [-0.1, -0.05) is 6.07 Å². The minimum atomic E-state index is 0.819. The van der Waals surface area contributed by atoms with Crippen molar-refractivity contribution >= 4 is 55.8 Å². The molecule has 0 saturated heterocycles. The molecule has 88 valence electrons. The summed E-state index contributed by atoms with van der Waals surface area (Å²) in [6.07, 6.45) is 0. The number of nitrogens with one attached hydrogen (secondary N) is 2. The van der Waals surface area contributed by atoms with Gasteiger partial charge in [0.2, 0.25) is 0 Å². The maximum Gasteiger partial charge on any atom is 0.132 e. The Morgan fingerprint density at radius 1 is 1.18 bits per heavy atom. The minimum Gasteiger partial charge on any atom is -0.373 e. The Balaban J connectivity index is 2.27. The molecule has 0 aliphatic carbocycles. The summed E-state index contributed by atoms with van der Waals surface area (Å²) in [7, 11) is 1.85. The highest BCUT2D eigenvalue weighted by Crippen LogP contribution is 2.27. The number of hydrogen-bond donors (Lipinski definition) is 2. The molecule has 0 aliphatic rings. The minimum absolute atomic E-state index is 0.819. The van der Waals surface area contributed by atoms with Gasteiger partial charge in [-0.2, -0.15) is 0 Å². The van der Waals surface area contributed by atoms with E-state index in [9.17, 15) is 0 Å². The smallest absolute Gasteiger partial charge is 0.132 e. The van der Waals surface area contributed by atoms with E-state index < -0.39 is 0 Å². The lowest BCUT2D eigenvalue weighted by Gasteiger charge is -2.09. The van der Waals surface area contributed by atoms with Gasteiger partial charge in [0.15, 0.2) is 0 Å². The molecule has 0 atom stereocenters. The van der Waals surface area contributed by atoms with E-state index >= 15 is 0 Å². The van der Waals surface area contributed by atoms with Gasteiger partial charge in [0.25, 0.3) is 0 Å². The van der Waals surface area contributed by atoms with Crippen molar-refractivity contribution in [1.29, 1.82) is 0 Å². The zero-order valence-corrected chi connectivity index (χ0v) is 12.9. The van der Waals surface area contributed by atoms with E-state index in [4.69, 9.17) is 0 Å². The molecular weight excluding hydrogens is 393 g/mol. The van der Waals surface area contributed by atoms with E-state index in [0.717, 1.165) is 21.8 Å². The number of hydrogen-bond acceptors (Lipinski definition) is 3. The van der Waals surface area contributed by atoms with Crippen LogP contribution in [0.25, 0.3) is 0 Å². The Kier molecular flexibility index (Phi) is 4.22. The van der Waals surface area contributed by atoms with E-state index in [1.54, 1.807) is 0 Å². The molecule has 17 heavy (non-hydrogen) atoms. The zero-order chi connectivity index (χ0) is 12.3. The van der Waals surface area contributed by atoms with E-state index in [1.165, 1.54) is 3.57 Å². The molecule has 3 nitrogen and oxygen atoms in total. The van der Waals surface area contributed by atoms with Crippen LogP contribution in [0.3, 0.4) is 0 Å². The summed E-state index contributed by atoms with van der Waals surface area (Å²) in [5.74, 6) is 1.66. The van der Waals surface area contributed by atoms with Gasteiger partial charge in [-0.05, 0) is 68.9 Å². The molecule has 0 bridgehead atoms. The van der Waals surface area contributed by atoms with Crippen molar-refractivity contribution in [2.45, 2.75) is 0 Å². The lowest BCUT2D eigenvalue weighted by molar-refractivity contribution is 1.27. The lowest BCUT2D eigenvalue weighted by Crippen LogP contribution is -1.98. The molecule has 2 rings (SSSR count). The second kappa shape index (κ2) is 5.68. The molecule has 0 amide bonds. The third-order valence-corrected chi connectivity index (χ3v) is 3.56. The van der Waals surface area contributed by atoms with Crippen LogP contribution < -0.4 is 10.6 Å². The van der Waals surface area contributed by atoms with Gasteiger partial charge < -0.3 is 10.6 Å². The largest absolute Gasteiger partial charge is 0.373 e. The second-order valence-electron chi connectivity index (χ2n) is 3.41. The van der Waals surface area contributed by atoms with Crippen LogP contribution >= 0.6 is 38.5 Å². The van der Waals surface area contributed by atoms with Gasteiger partial charge in [0, 0.05) is 15.1 Å². The Hall–Kier alpha value is -0.820. The quantitative estimate of drug-likeness (QED) is 0.753. The molecule has 0 fully saturated rings. The summed E-state index contributed by atoms with van der Waals surface area (Å²) in [6.45, 7) is 0. The molecule has 1 aromatic heterocycles. The first-order chi connectivity index (χ1) is 8.19. The van der Waals surface area contributed by atoms with Crippen molar-refractivity contribution in [3.05, 3.63) is 44.4 Å². The van der Waals surface area contributed by atoms with Crippen LogP contribution in [0.5, 0.6) is 0 Å². The summed E-state index contributed by atoms with van der Waals surface area (Å²) in [5.41, 5.74) is 1.01. The molecular formula is C12H11BrIN3. The van der Waals surface area contributed by atoms with Crippen molar-refractivity contribution in [3.8, 4) is 0 Å². The molecule has 1 heterocycles. The average molecular weight is 404 g/mol. The second-order valence-corrected chi connectivity index (χ2v) is 5.51. The Morgan fingerprint density at radius 2 is 1.94 bits per heavy atom. The molecule has 5 heteroatoms.